The van der Waals surface area contributed by atoms with Crippen molar-refractivity contribution in [1.29, 1.82) is 0 Å². The molecule has 0 saturated carbocycles. The molecule has 176 valence electrons. The molecule has 31 heavy (non-hydrogen) atoms. The van der Waals surface area contributed by atoms with Gasteiger partial charge in [0.15, 0.2) is 5.96 Å². The first-order valence-electron chi connectivity index (χ1n) is 11.7. The highest BCUT2D eigenvalue weighted by atomic mass is 127. The number of halogens is 1. The normalized spacial score (nSPS) is 21.9. The molecule has 2 atom stereocenters. The van der Waals surface area contributed by atoms with Crippen LogP contribution in [-0.2, 0) is 0 Å². The van der Waals surface area contributed by atoms with Gasteiger partial charge in [0, 0.05) is 62.5 Å². The minimum atomic E-state index is 0. The van der Waals surface area contributed by atoms with Crippen LogP contribution in [0, 0.1) is 11.8 Å². The smallest absolute Gasteiger partial charge is 0.193 e. The van der Waals surface area contributed by atoms with E-state index in [-0.39, 0.29) is 24.0 Å². The van der Waals surface area contributed by atoms with Gasteiger partial charge in [-0.2, -0.15) is 0 Å². The monoisotopic (exact) mass is 559 g/mol. The molecular formula is C24H42IN5S. The molecule has 1 aromatic rings. The van der Waals surface area contributed by atoms with Crippen molar-refractivity contribution in [3.63, 3.8) is 0 Å². The molecule has 2 heterocycles. The van der Waals surface area contributed by atoms with Crippen LogP contribution in [0.25, 0.3) is 0 Å². The van der Waals surface area contributed by atoms with Gasteiger partial charge in [-0.25, -0.2) is 0 Å². The molecule has 2 fully saturated rings. The van der Waals surface area contributed by atoms with E-state index in [4.69, 9.17) is 4.99 Å². The van der Waals surface area contributed by atoms with Gasteiger partial charge in [0.05, 0.1) is 6.54 Å². The Labute approximate surface area is 211 Å². The van der Waals surface area contributed by atoms with Crippen molar-refractivity contribution in [1.82, 2.24) is 20.0 Å². The first kappa shape index (κ1) is 26.7. The van der Waals surface area contributed by atoms with Gasteiger partial charge in [-0.05, 0) is 44.4 Å². The maximum absolute atomic E-state index is 5.13. The first-order valence-corrected chi connectivity index (χ1v) is 12.7. The predicted octanol–water partition coefficient (Wildman–Crippen LogP) is 3.96. The predicted molar refractivity (Wildman–Crippen MR) is 146 cm³/mol. The van der Waals surface area contributed by atoms with Gasteiger partial charge in [0.25, 0.3) is 0 Å². The molecule has 1 N–H and O–H groups in total. The van der Waals surface area contributed by atoms with E-state index in [1.807, 2.05) is 11.8 Å². The van der Waals surface area contributed by atoms with Gasteiger partial charge in [-0.1, -0.05) is 32.0 Å². The second-order valence-electron chi connectivity index (χ2n) is 9.07. The fraction of sp³-hybridized carbons (Fsp3) is 0.708. The van der Waals surface area contributed by atoms with Gasteiger partial charge < -0.3 is 15.1 Å². The van der Waals surface area contributed by atoms with Crippen molar-refractivity contribution in [2.24, 2.45) is 16.8 Å². The van der Waals surface area contributed by atoms with Crippen molar-refractivity contribution in [2.45, 2.75) is 38.1 Å². The van der Waals surface area contributed by atoms with Gasteiger partial charge in [-0.15, -0.1) is 35.7 Å². The number of piperazine rings is 1. The Morgan fingerprint density at radius 2 is 1.84 bits per heavy atom. The van der Waals surface area contributed by atoms with Crippen LogP contribution in [-0.4, -0.2) is 91.9 Å². The number of thioether (sulfide) groups is 1. The minimum Gasteiger partial charge on any atom is -0.357 e. The van der Waals surface area contributed by atoms with Crippen molar-refractivity contribution >= 4 is 41.7 Å². The van der Waals surface area contributed by atoms with Gasteiger partial charge >= 0.3 is 0 Å². The van der Waals surface area contributed by atoms with E-state index < -0.39 is 0 Å². The van der Waals surface area contributed by atoms with Gasteiger partial charge in [-0.3, -0.25) is 9.89 Å². The average molecular weight is 560 g/mol. The number of hydrogen-bond acceptors (Lipinski definition) is 4. The fourth-order valence-electron chi connectivity index (χ4n) is 4.40. The summed E-state index contributed by atoms with van der Waals surface area (Å²) in [5, 5.41) is 3.57. The van der Waals surface area contributed by atoms with Crippen LogP contribution < -0.4 is 5.32 Å². The third-order valence-electron chi connectivity index (χ3n) is 6.35. The van der Waals surface area contributed by atoms with Crippen molar-refractivity contribution in [3.05, 3.63) is 30.3 Å². The quantitative estimate of drug-likeness (QED) is 0.226. The number of nitrogens with one attached hydrogen (secondary N) is 1. The summed E-state index contributed by atoms with van der Waals surface area (Å²) in [5.74, 6) is 3.66. The molecule has 2 unspecified atom stereocenters. The molecule has 3 rings (SSSR count). The lowest BCUT2D eigenvalue weighted by molar-refractivity contribution is 0.0924. The lowest BCUT2D eigenvalue weighted by atomic mass is 10.0. The van der Waals surface area contributed by atoms with Crippen LogP contribution in [0.5, 0.6) is 0 Å². The van der Waals surface area contributed by atoms with E-state index in [0.29, 0.717) is 12.0 Å². The van der Waals surface area contributed by atoms with E-state index >= 15 is 0 Å². The molecule has 0 amide bonds. The van der Waals surface area contributed by atoms with Crippen molar-refractivity contribution < 1.29 is 0 Å². The summed E-state index contributed by atoms with van der Waals surface area (Å²) in [6.07, 6.45) is 1.26. The molecule has 2 saturated heterocycles. The fourth-order valence-corrected chi connectivity index (χ4v) is 5.45. The molecule has 0 aromatic heterocycles. The molecule has 5 nitrogen and oxygen atoms in total. The number of rotatable bonds is 8. The molecule has 2 aliphatic rings. The molecule has 7 heteroatoms. The van der Waals surface area contributed by atoms with Gasteiger partial charge in [0.2, 0.25) is 0 Å². The van der Waals surface area contributed by atoms with E-state index in [2.05, 4.69) is 78.2 Å². The summed E-state index contributed by atoms with van der Waals surface area (Å²) in [4.78, 5) is 14.1. The van der Waals surface area contributed by atoms with Crippen molar-refractivity contribution in [3.8, 4) is 0 Å². The lowest BCUT2D eigenvalue weighted by Gasteiger charge is -2.39. The average Bonchev–Trinajstić information content (AvgIpc) is 3.22. The third-order valence-corrected chi connectivity index (χ3v) is 7.60. The topological polar surface area (TPSA) is 34.1 Å². The van der Waals surface area contributed by atoms with E-state index in [9.17, 15) is 0 Å². The lowest BCUT2D eigenvalue weighted by Crippen LogP contribution is -2.52. The summed E-state index contributed by atoms with van der Waals surface area (Å²) in [7, 11) is 2.23. The molecule has 1 aromatic carbocycles. The van der Waals surface area contributed by atoms with Crippen LogP contribution in [0.2, 0.25) is 0 Å². The summed E-state index contributed by atoms with van der Waals surface area (Å²) in [6.45, 7) is 15.6. The second-order valence-corrected chi connectivity index (χ2v) is 10.2. The number of likely N-dealkylation sites (tertiary alicyclic amines) is 1. The zero-order valence-corrected chi connectivity index (χ0v) is 22.9. The Hall–Kier alpha value is -0.510. The zero-order chi connectivity index (χ0) is 21.3. The molecule has 0 bridgehead atoms. The molecular weight excluding hydrogens is 517 g/mol. The summed E-state index contributed by atoms with van der Waals surface area (Å²) in [6, 6.07) is 11.3. The Morgan fingerprint density at radius 1 is 1.13 bits per heavy atom. The van der Waals surface area contributed by atoms with E-state index in [0.717, 1.165) is 51.1 Å². The summed E-state index contributed by atoms with van der Waals surface area (Å²) < 4.78 is 0. The van der Waals surface area contributed by atoms with Crippen LogP contribution in [0.1, 0.15) is 27.2 Å². The molecule has 0 spiro atoms. The SMILES string of the molecule is CCNC(=NCC(C(C)C)N1CCN(C)CC1)N1CCC(CSc2ccccc2)C1.I. The Morgan fingerprint density at radius 3 is 2.48 bits per heavy atom. The Kier molecular flexibility index (Phi) is 12.0. The summed E-state index contributed by atoms with van der Waals surface area (Å²) >= 11 is 1.99. The largest absolute Gasteiger partial charge is 0.357 e. The molecule has 2 aliphatic heterocycles. The van der Waals surface area contributed by atoms with Crippen LogP contribution in [0.4, 0.5) is 0 Å². The van der Waals surface area contributed by atoms with Gasteiger partial charge in [0.1, 0.15) is 0 Å². The number of hydrogen-bond donors (Lipinski definition) is 1. The number of benzene rings is 1. The van der Waals surface area contributed by atoms with E-state index in [1.54, 1.807) is 0 Å². The molecule has 0 radical (unpaired) electrons. The number of guanidine groups is 1. The third kappa shape index (κ3) is 8.41. The Balaban J connectivity index is 0.00000341. The van der Waals surface area contributed by atoms with E-state index in [1.165, 1.54) is 30.2 Å². The highest BCUT2D eigenvalue weighted by Crippen LogP contribution is 2.26. The highest BCUT2D eigenvalue weighted by molar-refractivity contribution is 14.0. The van der Waals surface area contributed by atoms with Crippen LogP contribution >= 0.6 is 35.7 Å². The van der Waals surface area contributed by atoms with Crippen molar-refractivity contribution in [2.75, 3.05) is 65.2 Å². The Bertz CT molecular complexity index is 649. The zero-order valence-electron chi connectivity index (χ0n) is 19.8. The number of likely N-dealkylation sites (N-methyl/N-ethyl adjacent to an activating group) is 1. The number of aliphatic imine (C=N–C) groups is 1. The molecule has 0 aliphatic carbocycles. The summed E-state index contributed by atoms with van der Waals surface area (Å²) in [5.41, 5.74) is 0. The maximum atomic E-state index is 5.13. The first-order chi connectivity index (χ1) is 14.6. The standard InChI is InChI=1S/C24H41N5S.HI/c1-5-25-24(26-17-23(20(2)3)28-15-13-27(4)14-16-28)29-12-11-21(18-29)19-30-22-9-7-6-8-10-22;/h6-10,20-21,23H,5,11-19H2,1-4H3,(H,25,26);1H. The number of nitrogens with zero attached hydrogens (tertiary/aromatic N) is 4. The second kappa shape index (κ2) is 13.9. The van der Waals surface area contributed by atoms with Crippen LogP contribution in [0.3, 0.4) is 0 Å². The minimum absolute atomic E-state index is 0. The highest BCUT2D eigenvalue weighted by Gasteiger charge is 2.27. The van der Waals surface area contributed by atoms with Crippen LogP contribution in [0.15, 0.2) is 40.2 Å². The maximum Gasteiger partial charge on any atom is 0.193 e.